The number of nitrogens with two attached hydrogens (primary N) is 1. The molecule has 0 aromatic carbocycles. The van der Waals surface area contributed by atoms with Crippen molar-refractivity contribution in [2.45, 2.75) is 6.04 Å². The van der Waals surface area contributed by atoms with E-state index in [2.05, 4.69) is 9.97 Å². The molecule has 0 amide bonds. The second kappa shape index (κ2) is 4.10. The highest BCUT2D eigenvalue weighted by molar-refractivity contribution is 5.22. The molecule has 15 heavy (non-hydrogen) atoms. The Bertz CT molecular complexity index is 428. The van der Waals surface area contributed by atoms with Crippen LogP contribution in [0, 0.1) is 0 Å². The summed E-state index contributed by atoms with van der Waals surface area (Å²) in [4.78, 5) is 7.97. The van der Waals surface area contributed by atoms with E-state index in [-0.39, 0.29) is 0 Å². The second-order valence-corrected chi connectivity index (χ2v) is 2.98. The Morgan fingerprint density at radius 3 is 3.00 bits per heavy atom. The van der Waals surface area contributed by atoms with Crippen molar-refractivity contribution in [3.8, 4) is 5.88 Å². The summed E-state index contributed by atoms with van der Waals surface area (Å²) in [6.07, 6.45) is 2.99. The van der Waals surface area contributed by atoms with Crippen LogP contribution < -0.4 is 10.5 Å². The summed E-state index contributed by atoms with van der Waals surface area (Å²) in [6, 6.07) is 4.89. The lowest BCUT2D eigenvalue weighted by atomic mass is 10.1. The van der Waals surface area contributed by atoms with E-state index in [9.17, 15) is 0 Å². The van der Waals surface area contributed by atoms with E-state index in [1.165, 1.54) is 6.33 Å². The number of methoxy groups -OCH3 is 1. The molecule has 0 saturated heterocycles. The molecule has 78 valence electrons. The molecule has 0 radical (unpaired) electrons. The Hall–Kier alpha value is -1.88. The van der Waals surface area contributed by atoms with Crippen molar-refractivity contribution in [1.82, 2.24) is 9.97 Å². The first-order chi connectivity index (χ1) is 7.31. The van der Waals surface area contributed by atoms with Gasteiger partial charge in [-0.2, -0.15) is 0 Å². The zero-order valence-corrected chi connectivity index (χ0v) is 8.25. The fourth-order valence-electron chi connectivity index (χ4n) is 1.25. The smallest absolute Gasteiger partial charge is 0.216 e. The molecule has 0 aliphatic carbocycles. The van der Waals surface area contributed by atoms with Crippen LogP contribution in [0.4, 0.5) is 0 Å². The van der Waals surface area contributed by atoms with Crippen molar-refractivity contribution in [3.05, 3.63) is 42.2 Å². The molecule has 2 aromatic heterocycles. The average molecular weight is 205 g/mol. The minimum Gasteiger partial charge on any atom is -0.481 e. The van der Waals surface area contributed by atoms with Crippen LogP contribution in [0.1, 0.15) is 17.5 Å². The van der Waals surface area contributed by atoms with Crippen LogP contribution in [-0.4, -0.2) is 17.1 Å². The van der Waals surface area contributed by atoms with Gasteiger partial charge in [0.15, 0.2) is 0 Å². The van der Waals surface area contributed by atoms with E-state index in [1.54, 1.807) is 31.6 Å². The van der Waals surface area contributed by atoms with Gasteiger partial charge >= 0.3 is 0 Å². The SMILES string of the molecule is COc1cc(C(N)c2ccco2)ncn1. The summed E-state index contributed by atoms with van der Waals surface area (Å²) >= 11 is 0. The van der Waals surface area contributed by atoms with Gasteiger partial charge in [-0.05, 0) is 12.1 Å². The van der Waals surface area contributed by atoms with Gasteiger partial charge in [-0.15, -0.1) is 0 Å². The largest absolute Gasteiger partial charge is 0.481 e. The third-order valence-electron chi connectivity index (χ3n) is 2.04. The lowest BCUT2D eigenvalue weighted by Crippen LogP contribution is -2.13. The second-order valence-electron chi connectivity index (χ2n) is 2.98. The van der Waals surface area contributed by atoms with E-state index in [0.717, 1.165) is 0 Å². The molecule has 5 heteroatoms. The average Bonchev–Trinajstić information content (AvgIpc) is 2.81. The van der Waals surface area contributed by atoms with Crippen LogP contribution in [0.25, 0.3) is 0 Å². The van der Waals surface area contributed by atoms with E-state index >= 15 is 0 Å². The number of furan rings is 1. The molecule has 0 spiro atoms. The van der Waals surface area contributed by atoms with E-state index in [1.807, 2.05) is 0 Å². The topological polar surface area (TPSA) is 74.2 Å². The lowest BCUT2D eigenvalue weighted by molar-refractivity contribution is 0.394. The van der Waals surface area contributed by atoms with Crippen molar-refractivity contribution < 1.29 is 9.15 Å². The number of aromatic nitrogens is 2. The van der Waals surface area contributed by atoms with Crippen molar-refractivity contribution in [3.63, 3.8) is 0 Å². The summed E-state index contributed by atoms with van der Waals surface area (Å²) in [7, 11) is 1.55. The highest BCUT2D eigenvalue weighted by Gasteiger charge is 2.13. The van der Waals surface area contributed by atoms with Gasteiger partial charge in [0.1, 0.15) is 18.1 Å². The maximum absolute atomic E-state index is 5.94. The maximum atomic E-state index is 5.94. The van der Waals surface area contributed by atoms with Crippen molar-refractivity contribution in [2.24, 2.45) is 5.73 Å². The van der Waals surface area contributed by atoms with Crippen LogP contribution in [0.3, 0.4) is 0 Å². The summed E-state index contributed by atoms with van der Waals surface area (Å²) in [5.41, 5.74) is 6.61. The Balaban J connectivity index is 2.29. The third kappa shape index (κ3) is 1.97. The number of rotatable bonds is 3. The van der Waals surface area contributed by atoms with Gasteiger partial charge in [0, 0.05) is 6.07 Å². The van der Waals surface area contributed by atoms with Crippen LogP contribution in [-0.2, 0) is 0 Å². The zero-order valence-electron chi connectivity index (χ0n) is 8.25. The Labute approximate surface area is 86.9 Å². The van der Waals surface area contributed by atoms with Gasteiger partial charge in [0.2, 0.25) is 5.88 Å². The first-order valence-corrected chi connectivity index (χ1v) is 4.46. The van der Waals surface area contributed by atoms with Gasteiger partial charge < -0.3 is 14.9 Å². The molecule has 2 aromatic rings. The van der Waals surface area contributed by atoms with Gasteiger partial charge in [0.05, 0.1) is 19.1 Å². The standard InChI is InChI=1S/C10H11N3O2/c1-14-9-5-7(12-6-13-9)10(11)8-3-2-4-15-8/h2-6,10H,11H2,1H3. The highest BCUT2D eigenvalue weighted by atomic mass is 16.5. The molecule has 2 rings (SSSR count). The predicted octanol–water partition coefficient (Wildman–Crippen LogP) is 1.13. The molecule has 0 saturated carbocycles. The van der Waals surface area contributed by atoms with Crippen molar-refractivity contribution in [1.29, 1.82) is 0 Å². The summed E-state index contributed by atoms with van der Waals surface area (Å²) in [5.74, 6) is 1.15. The molecule has 1 atom stereocenters. The first-order valence-electron chi connectivity index (χ1n) is 4.46. The Morgan fingerprint density at radius 1 is 1.47 bits per heavy atom. The molecule has 0 aliphatic heterocycles. The van der Waals surface area contributed by atoms with Crippen LogP contribution in [0.5, 0.6) is 5.88 Å². The molecule has 0 bridgehead atoms. The highest BCUT2D eigenvalue weighted by Crippen LogP contribution is 2.19. The monoisotopic (exact) mass is 205 g/mol. The Morgan fingerprint density at radius 2 is 2.33 bits per heavy atom. The summed E-state index contributed by atoms with van der Waals surface area (Å²) in [5, 5.41) is 0. The normalized spacial score (nSPS) is 12.4. The number of hydrogen-bond acceptors (Lipinski definition) is 5. The Kier molecular flexibility index (Phi) is 2.64. The van der Waals surface area contributed by atoms with E-state index in [0.29, 0.717) is 17.3 Å². The van der Waals surface area contributed by atoms with Crippen LogP contribution in [0.2, 0.25) is 0 Å². The maximum Gasteiger partial charge on any atom is 0.216 e. The van der Waals surface area contributed by atoms with Crippen molar-refractivity contribution in [2.75, 3.05) is 7.11 Å². The number of hydrogen-bond donors (Lipinski definition) is 1. The molecule has 0 aliphatic rings. The molecule has 2 N–H and O–H groups in total. The molecular weight excluding hydrogens is 194 g/mol. The van der Waals surface area contributed by atoms with Crippen molar-refractivity contribution >= 4 is 0 Å². The molecule has 1 unspecified atom stereocenters. The summed E-state index contributed by atoms with van der Waals surface area (Å²) in [6.45, 7) is 0. The molecular formula is C10H11N3O2. The fraction of sp³-hybridized carbons (Fsp3) is 0.200. The molecule has 2 heterocycles. The molecule has 5 nitrogen and oxygen atoms in total. The number of nitrogens with zero attached hydrogens (tertiary/aromatic N) is 2. The van der Waals surface area contributed by atoms with Crippen LogP contribution in [0.15, 0.2) is 35.2 Å². The third-order valence-corrected chi connectivity index (χ3v) is 2.04. The van der Waals surface area contributed by atoms with Crippen LogP contribution >= 0.6 is 0 Å². The van der Waals surface area contributed by atoms with Gasteiger partial charge in [-0.25, -0.2) is 9.97 Å². The predicted molar refractivity (Wildman–Crippen MR) is 53.3 cm³/mol. The van der Waals surface area contributed by atoms with E-state index < -0.39 is 6.04 Å². The van der Waals surface area contributed by atoms with E-state index in [4.69, 9.17) is 14.9 Å². The lowest BCUT2D eigenvalue weighted by Gasteiger charge is -2.08. The van der Waals surface area contributed by atoms with Gasteiger partial charge in [-0.3, -0.25) is 0 Å². The fourth-order valence-corrected chi connectivity index (χ4v) is 1.25. The summed E-state index contributed by atoms with van der Waals surface area (Å²) < 4.78 is 10.2. The minimum atomic E-state index is -0.392. The number of ether oxygens (including phenoxy) is 1. The quantitative estimate of drug-likeness (QED) is 0.812. The zero-order chi connectivity index (χ0) is 10.7. The molecule has 0 fully saturated rings. The van der Waals surface area contributed by atoms with Gasteiger partial charge in [0.25, 0.3) is 0 Å². The minimum absolute atomic E-state index is 0.392. The first kappa shape index (κ1) is 9.67. The van der Waals surface area contributed by atoms with Gasteiger partial charge in [-0.1, -0.05) is 0 Å².